The molecule has 268 valence electrons. The predicted octanol–water partition coefficient (Wildman–Crippen LogP) is 14.1. The number of hydrogen-bond donors (Lipinski definition) is 1. The molecule has 0 heterocycles. The molecule has 0 radical (unpaired) electrons. The Morgan fingerprint density at radius 3 is 2.55 bits per heavy atom. The number of thiol groups is 1. The molecule has 0 aromatic heterocycles. The monoisotopic (exact) mass is 679 g/mol. The van der Waals surface area contributed by atoms with E-state index in [1.807, 2.05) is 13.8 Å². The van der Waals surface area contributed by atoms with Gasteiger partial charge >= 0.3 is 0 Å². The van der Waals surface area contributed by atoms with Crippen LogP contribution in [0.2, 0.25) is 0 Å². The van der Waals surface area contributed by atoms with E-state index in [2.05, 4.69) is 94.6 Å². The molecule has 3 fully saturated rings. The van der Waals surface area contributed by atoms with Crippen molar-refractivity contribution >= 4 is 12.6 Å². The molecule has 8 unspecified atom stereocenters. The molecule has 0 amide bonds. The van der Waals surface area contributed by atoms with E-state index in [4.69, 9.17) is 12.6 Å². The number of aryl methyl sites for hydroxylation is 2. The number of hydrogen-bond acceptors (Lipinski definition) is 1. The molecule has 4 aliphatic carbocycles. The van der Waals surface area contributed by atoms with Gasteiger partial charge in [0, 0.05) is 4.75 Å². The summed E-state index contributed by atoms with van der Waals surface area (Å²) >= 11 is 5.52. The van der Waals surface area contributed by atoms with E-state index in [1.54, 1.807) is 11.1 Å². The van der Waals surface area contributed by atoms with E-state index in [0.717, 1.165) is 36.5 Å². The van der Waals surface area contributed by atoms with Gasteiger partial charge in [0.15, 0.2) is 0 Å². The van der Waals surface area contributed by atoms with E-state index < -0.39 is 0 Å². The van der Waals surface area contributed by atoms with Gasteiger partial charge in [0.1, 0.15) is 0 Å². The lowest BCUT2D eigenvalue weighted by Crippen LogP contribution is -2.51. The lowest BCUT2D eigenvalue weighted by molar-refractivity contribution is 0.109. The molecule has 2 aromatic carbocycles. The average molecular weight is 679 g/mol. The fourth-order valence-electron chi connectivity index (χ4n) is 10.8. The summed E-state index contributed by atoms with van der Waals surface area (Å²) < 4.78 is 0.135. The van der Waals surface area contributed by atoms with E-state index in [9.17, 15) is 0 Å². The van der Waals surface area contributed by atoms with Crippen LogP contribution in [0.4, 0.5) is 0 Å². The van der Waals surface area contributed by atoms with Crippen LogP contribution in [0.3, 0.4) is 0 Å². The number of benzene rings is 2. The zero-order valence-electron chi connectivity index (χ0n) is 32.1. The molecule has 1 heteroatoms. The molecule has 0 saturated heterocycles. The first kappa shape index (κ1) is 38.2. The first-order valence-electron chi connectivity index (χ1n) is 20.5. The minimum atomic E-state index is 0.135. The van der Waals surface area contributed by atoms with Crippen LogP contribution < -0.4 is 0 Å². The van der Waals surface area contributed by atoms with Gasteiger partial charge in [-0.2, -0.15) is 12.6 Å². The van der Waals surface area contributed by atoms with Crippen LogP contribution in [0.5, 0.6) is 0 Å². The van der Waals surface area contributed by atoms with Crippen molar-refractivity contribution in [2.24, 2.45) is 35.0 Å². The van der Waals surface area contributed by atoms with Crippen molar-refractivity contribution < 1.29 is 0 Å². The molecule has 2 aromatic rings. The Morgan fingerprint density at radius 2 is 1.76 bits per heavy atom. The highest BCUT2D eigenvalue weighted by molar-refractivity contribution is 7.81. The fourth-order valence-corrected chi connectivity index (χ4v) is 11.6. The van der Waals surface area contributed by atoms with Crippen molar-refractivity contribution in [2.75, 3.05) is 0 Å². The van der Waals surface area contributed by atoms with Crippen molar-refractivity contribution in [1.82, 2.24) is 0 Å². The fraction of sp³-hybridized carbons (Fsp3) is 0.625. The van der Waals surface area contributed by atoms with Crippen LogP contribution in [-0.4, -0.2) is 4.75 Å². The minimum absolute atomic E-state index is 0.135. The molecule has 8 atom stereocenters. The molecule has 0 aliphatic heterocycles. The van der Waals surface area contributed by atoms with E-state index in [-0.39, 0.29) is 4.75 Å². The Hall–Kier alpha value is -1.99. The highest BCUT2D eigenvalue weighted by Crippen LogP contribution is 2.66. The lowest BCUT2D eigenvalue weighted by atomic mass is 9.54. The highest BCUT2D eigenvalue weighted by atomic mass is 32.1. The normalized spacial score (nSPS) is 31.1. The van der Waals surface area contributed by atoms with Crippen molar-refractivity contribution in [3.63, 3.8) is 0 Å². The Balaban J connectivity index is 0.00000230. The van der Waals surface area contributed by atoms with Gasteiger partial charge in [-0.25, -0.2) is 0 Å². The third kappa shape index (κ3) is 8.91. The second-order valence-electron chi connectivity index (χ2n) is 16.9. The maximum absolute atomic E-state index is 5.52. The molecule has 0 nitrogen and oxygen atoms in total. The van der Waals surface area contributed by atoms with Crippen molar-refractivity contribution in [2.45, 2.75) is 154 Å². The van der Waals surface area contributed by atoms with Gasteiger partial charge in [-0.3, -0.25) is 0 Å². The second-order valence-corrected chi connectivity index (χ2v) is 17.8. The van der Waals surface area contributed by atoms with Crippen LogP contribution in [0, 0.1) is 35.0 Å². The summed E-state index contributed by atoms with van der Waals surface area (Å²) in [6.07, 6.45) is 26.5. The van der Waals surface area contributed by atoms with Crippen molar-refractivity contribution in [1.29, 1.82) is 0 Å². The van der Waals surface area contributed by atoms with Crippen LogP contribution in [0.15, 0.2) is 85.0 Å². The molecule has 0 N–H and O–H groups in total. The van der Waals surface area contributed by atoms with Gasteiger partial charge in [0.25, 0.3) is 0 Å². The Morgan fingerprint density at radius 1 is 0.959 bits per heavy atom. The summed E-state index contributed by atoms with van der Waals surface area (Å²) in [5.74, 6) is 4.80. The average Bonchev–Trinajstić information content (AvgIpc) is 3.62. The first-order chi connectivity index (χ1) is 23.7. The van der Waals surface area contributed by atoms with Gasteiger partial charge in [-0.05, 0) is 159 Å². The standard InChI is InChI=1S/C46H64S.C2H6/c1-33(17-21-37-14-10-8-11-15-37)18-24-41-35(3)19-23-39(41)16-12-7-6-9-13-34(2)31-38-22-25-42-40(32-38)27-30-46(47)43(42)28-29-45(5)36(4)20-26-44(45)46;1-2/h7-8,10-12,14-15,22,25,32-33,35,39,41,43-44,47H,2,4,6,9,13,16-21,23-24,26-31H2,1,3,5H3;1-2H3/b12-7-;. The molecule has 49 heavy (non-hydrogen) atoms. The predicted molar refractivity (Wildman–Crippen MR) is 219 cm³/mol. The summed E-state index contributed by atoms with van der Waals surface area (Å²) in [6.45, 7) is 20.5. The topological polar surface area (TPSA) is 0 Å². The number of fused-ring (bicyclic) bond motifs is 5. The summed E-state index contributed by atoms with van der Waals surface area (Å²) in [6, 6.07) is 18.4. The molecular weight excluding hydrogens is 609 g/mol. The number of rotatable bonds is 14. The Kier molecular flexibility index (Phi) is 13.6. The van der Waals surface area contributed by atoms with Gasteiger partial charge in [-0.1, -0.05) is 132 Å². The molecule has 3 saturated carbocycles. The van der Waals surface area contributed by atoms with Crippen LogP contribution in [0.25, 0.3) is 0 Å². The highest BCUT2D eigenvalue weighted by Gasteiger charge is 2.58. The third-order valence-electron chi connectivity index (χ3n) is 13.9. The van der Waals surface area contributed by atoms with Gasteiger partial charge in [-0.15, -0.1) is 0 Å². The van der Waals surface area contributed by atoms with Gasteiger partial charge in [0.2, 0.25) is 0 Å². The van der Waals surface area contributed by atoms with Crippen LogP contribution >= 0.6 is 12.6 Å². The first-order valence-corrected chi connectivity index (χ1v) is 21.0. The molecule has 6 rings (SSSR count). The third-order valence-corrected chi connectivity index (χ3v) is 14.7. The summed E-state index contributed by atoms with van der Waals surface area (Å²) in [4.78, 5) is 0. The van der Waals surface area contributed by atoms with E-state index in [1.165, 1.54) is 119 Å². The maximum atomic E-state index is 5.52. The molecule has 4 aliphatic rings. The zero-order valence-corrected chi connectivity index (χ0v) is 33.0. The van der Waals surface area contributed by atoms with E-state index >= 15 is 0 Å². The van der Waals surface area contributed by atoms with Gasteiger partial charge < -0.3 is 0 Å². The smallest absolute Gasteiger partial charge is 0.0238 e. The summed E-state index contributed by atoms with van der Waals surface area (Å²) in [5, 5.41) is 0. The summed E-state index contributed by atoms with van der Waals surface area (Å²) in [5.41, 5.74) is 9.33. The SMILES string of the molecule is C=C(CCC/C=C\CC1CCC(C)C1CCC(C)CCc1ccccc1)Cc1ccc2c(c1)CCC1(S)C2CCC2(C)C(=C)CCC21.CC. The number of unbranched alkanes of at least 4 members (excludes halogenated alkanes) is 1. The maximum Gasteiger partial charge on any atom is 0.0238 e. The van der Waals surface area contributed by atoms with Gasteiger partial charge in [0.05, 0.1) is 0 Å². The molecule has 0 bridgehead atoms. The van der Waals surface area contributed by atoms with Crippen LogP contribution in [-0.2, 0) is 19.3 Å². The van der Waals surface area contributed by atoms with E-state index in [0.29, 0.717) is 17.3 Å². The minimum Gasteiger partial charge on any atom is -0.172 e. The quantitative estimate of drug-likeness (QED) is 0.115. The second kappa shape index (κ2) is 17.5. The molecular formula is C48H70S. The van der Waals surface area contributed by atoms with Crippen molar-refractivity contribution in [3.8, 4) is 0 Å². The Labute approximate surface area is 308 Å². The molecule has 0 spiro atoms. The lowest BCUT2D eigenvalue weighted by Gasteiger charge is -2.55. The summed E-state index contributed by atoms with van der Waals surface area (Å²) in [7, 11) is 0. The van der Waals surface area contributed by atoms with Crippen molar-refractivity contribution in [3.05, 3.63) is 107 Å². The van der Waals surface area contributed by atoms with Crippen LogP contribution in [0.1, 0.15) is 153 Å². The Bertz CT molecular complexity index is 1400. The zero-order chi connectivity index (χ0) is 35.0. The number of allylic oxidation sites excluding steroid dienone is 4. The largest absolute Gasteiger partial charge is 0.172 e.